The van der Waals surface area contributed by atoms with Crippen molar-refractivity contribution in [2.24, 2.45) is 0 Å². The van der Waals surface area contributed by atoms with Gasteiger partial charge in [0.1, 0.15) is 24.3 Å². The summed E-state index contributed by atoms with van der Waals surface area (Å²) in [6, 6.07) is 15.1. The molecule has 1 aliphatic heterocycles. The summed E-state index contributed by atoms with van der Waals surface area (Å²) < 4.78 is 53.4. The molecule has 3 aromatic rings. The summed E-state index contributed by atoms with van der Waals surface area (Å²) in [4.78, 5) is 0. The molecule has 1 fully saturated rings. The molecule has 0 radical (unpaired) electrons. The molecule has 4 rings (SSSR count). The molecule has 0 bridgehead atoms. The van der Waals surface area contributed by atoms with Crippen molar-refractivity contribution < 1.29 is 22.6 Å². The van der Waals surface area contributed by atoms with E-state index in [-0.39, 0.29) is 24.1 Å². The van der Waals surface area contributed by atoms with Gasteiger partial charge in [-0.15, -0.1) is 0 Å². The zero-order chi connectivity index (χ0) is 20.4. The first-order valence-electron chi connectivity index (χ1n) is 9.67. The van der Waals surface area contributed by atoms with E-state index in [4.69, 9.17) is 9.47 Å². The summed E-state index contributed by atoms with van der Waals surface area (Å²) in [6.45, 7) is 2.47. The Labute approximate surface area is 167 Å². The second-order valence-corrected chi connectivity index (χ2v) is 7.14. The van der Waals surface area contributed by atoms with Crippen LogP contribution in [0.3, 0.4) is 0 Å². The fourth-order valence-corrected chi connectivity index (χ4v) is 3.30. The average molecular weight is 398 g/mol. The molecule has 0 amide bonds. The van der Waals surface area contributed by atoms with Gasteiger partial charge in [0.15, 0.2) is 11.6 Å². The number of benzene rings is 3. The summed E-state index contributed by atoms with van der Waals surface area (Å²) in [6.07, 6.45) is 1.25. The minimum Gasteiger partial charge on any atom is -0.489 e. The van der Waals surface area contributed by atoms with E-state index in [1.165, 1.54) is 6.07 Å². The number of halogens is 3. The Bertz CT molecular complexity index is 1010. The van der Waals surface area contributed by atoms with Crippen LogP contribution in [0.15, 0.2) is 54.6 Å². The molecular formula is C24H21F3O2. The first-order chi connectivity index (χ1) is 14.1. The molecule has 5 heteroatoms. The third-order valence-corrected chi connectivity index (χ3v) is 5.02. The minimum absolute atomic E-state index is 0.00981. The van der Waals surface area contributed by atoms with E-state index in [9.17, 15) is 13.2 Å². The maximum absolute atomic E-state index is 14.4. The van der Waals surface area contributed by atoms with Crippen LogP contribution >= 0.6 is 0 Å². The van der Waals surface area contributed by atoms with Gasteiger partial charge in [0.05, 0.1) is 6.61 Å². The van der Waals surface area contributed by atoms with Crippen molar-refractivity contribution in [3.8, 4) is 16.9 Å². The zero-order valence-corrected chi connectivity index (χ0v) is 16.1. The molecule has 0 saturated carbocycles. The van der Waals surface area contributed by atoms with Crippen molar-refractivity contribution in [3.05, 3.63) is 88.7 Å². The Morgan fingerprint density at radius 1 is 0.931 bits per heavy atom. The standard InChI is InChI=1S/C24H21F3O2/c1-2-3-16-4-5-18(24(27)23(16)26)13-28-19-9-6-15(7-10-19)20-11-8-17(12-21(20)25)22-14-29-22/h4-12,22H,2-3,13-14H2,1H3. The van der Waals surface area contributed by atoms with Gasteiger partial charge in [-0.25, -0.2) is 13.2 Å². The molecule has 0 aliphatic carbocycles. The van der Waals surface area contributed by atoms with Crippen molar-refractivity contribution in [2.45, 2.75) is 32.5 Å². The van der Waals surface area contributed by atoms with Crippen molar-refractivity contribution in [1.29, 1.82) is 0 Å². The van der Waals surface area contributed by atoms with Crippen molar-refractivity contribution in [2.75, 3.05) is 6.61 Å². The van der Waals surface area contributed by atoms with Crippen molar-refractivity contribution in [3.63, 3.8) is 0 Å². The summed E-state index contributed by atoms with van der Waals surface area (Å²) in [7, 11) is 0. The van der Waals surface area contributed by atoms with Crippen LogP contribution in [-0.2, 0) is 17.8 Å². The third-order valence-electron chi connectivity index (χ3n) is 5.02. The summed E-state index contributed by atoms with van der Waals surface area (Å²) in [5, 5.41) is 0. The first kappa shape index (κ1) is 19.5. The summed E-state index contributed by atoms with van der Waals surface area (Å²) in [5.41, 5.74) is 2.57. The van der Waals surface area contributed by atoms with Crippen molar-refractivity contribution in [1.82, 2.24) is 0 Å². The molecule has 0 N–H and O–H groups in total. The second kappa shape index (κ2) is 8.29. The largest absolute Gasteiger partial charge is 0.489 e. The Balaban J connectivity index is 1.44. The number of hydrogen-bond acceptors (Lipinski definition) is 2. The SMILES string of the molecule is CCCc1ccc(COc2ccc(-c3ccc(C4CO4)cc3F)cc2)c(F)c1F. The highest BCUT2D eigenvalue weighted by molar-refractivity contribution is 5.65. The average Bonchev–Trinajstić information content (AvgIpc) is 3.57. The highest BCUT2D eigenvalue weighted by Crippen LogP contribution is 2.33. The molecule has 1 unspecified atom stereocenters. The molecule has 1 heterocycles. The van der Waals surface area contributed by atoms with Crippen LogP contribution in [0.25, 0.3) is 11.1 Å². The fraction of sp³-hybridized carbons (Fsp3) is 0.250. The normalized spacial score (nSPS) is 15.4. The smallest absolute Gasteiger partial charge is 0.165 e. The molecule has 29 heavy (non-hydrogen) atoms. The van der Waals surface area contributed by atoms with Gasteiger partial charge in [-0.1, -0.05) is 49.7 Å². The predicted molar refractivity (Wildman–Crippen MR) is 105 cm³/mol. The highest BCUT2D eigenvalue weighted by Gasteiger charge is 2.25. The summed E-state index contributed by atoms with van der Waals surface area (Å²) in [5.74, 6) is -1.49. The van der Waals surface area contributed by atoms with Gasteiger partial charge < -0.3 is 9.47 Å². The molecule has 3 aromatic carbocycles. The van der Waals surface area contributed by atoms with Crippen LogP contribution in [0.4, 0.5) is 13.2 Å². The second-order valence-electron chi connectivity index (χ2n) is 7.14. The molecule has 1 aliphatic rings. The van der Waals surface area contributed by atoms with E-state index < -0.39 is 11.6 Å². The lowest BCUT2D eigenvalue weighted by Crippen LogP contribution is -2.03. The lowest BCUT2D eigenvalue weighted by atomic mass is 10.0. The maximum atomic E-state index is 14.4. The van der Waals surface area contributed by atoms with Crippen LogP contribution in [0.5, 0.6) is 5.75 Å². The van der Waals surface area contributed by atoms with Gasteiger partial charge in [0.2, 0.25) is 0 Å². The van der Waals surface area contributed by atoms with Crippen LogP contribution in [0, 0.1) is 17.5 Å². The Morgan fingerprint density at radius 2 is 1.62 bits per heavy atom. The van der Waals surface area contributed by atoms with Crippen LogP contribution < -0.4 is 4.74 Å². The molecule has 2 nitrogen and oxygen atoms in total. The van der Waals surface area contributed by atoms with E-state index in [2.05, 4.69) is 0 Å². The first-order valence-corrected chi connectivity index (χ1v) is 9.67. The van der Waals surface area contributed by atoms with Gasteiger partial charge >= 0.3 is 0 Å². The molecular weight excluding hydrogens is 377 g/mol. The number of rotatable bonds is 7. The quantitative estimate of drug-likeness (QED) is 0.431. The van der Waals surface area contributed by atoms with E-state index in [0.717, 1.165) is 12.0 Å². The maximum Gasteiger partial charge on any atom is 0.165 e. The van der Waals surface area contributed by atoms with E-state index in [1.54, 1.807) is 42.5 Å². The monoisotopic (exact) mass is 398 g/mol. The third kappa shape index (κ3) is 4.30. The molecule has 1 saturated heterocycles. The fourth-order valence-electron chi connectivity index (χ4n) is 3.30. The molecule has 150 valence electrons. The number of epoxide rings is 1. The number of hydrogen-bond donors (Lipinski definition) is 0. The predicted octanol–water partition coefficient (Wildman–Crippen LogP) is 6.37. The Kier molecular flexibility index (Phi) is 5.58. The zero-order valence-electron chi connectivity index (χ0n) is 16.1. The van der Waals surface area contributed by atoms with Crippen LogP contribution in [-0.4, -0.2) is 6.61 Å². The topological polar surface area (TPSA) is 21.8 Å². The Morgan fingerprint density at radius 3 is 2.28 bits per heavy atom. The van der Waals surface area contributed by atoms with E-state index in [1.807, 2.05) is 13.0 Å². The number of aryl methyl sites for hydroxylation is 1. The lowest BCUT2D eigenvalue weighted by molar-refractivity contribution is 0.297. The molecule has 0 spiro atoms. The van der Waals surface area contributed by atoms with Gasteiger partial charge in [-0.3, -0.25) is 0 Å². The minimum atomic E-state index is -0.866. The van der Waals surface area contributed by atoms with E-state index >= 15 is 0 Å². The van der Waals surface area contributed by atoms with Crippen LogP contribution in [0.2, 0.25) is 0 Å². The molecule has 1 atom stereocenters. The van der Waals surface area contributed by atoms with E-state index in [0.29, 0.717) is 35.5 Å². The van der Waals surface area contributed by atoms with Gasteiger partial charge in [-0.2, -0.15) is 0 Å². The lowest BCUT2D eigenvalue weighted by Gasteiger charge is -2.11. The number of ether oxygens (including phenoxy) is 2. The Hall–Kier alpha value is -2.79. The van der Waals surface area contributed by atoms with Crippen molar-refractivity contribution >= 4 is 0 Å². The van der Waals surface area contributed by atoms with Gasteiger partial charge in [0, 0.05) is 11.1 Å². The highest BCUT2D eigenvalue weighted by atomic mass is 19.2. The van der Waals surface area contributed by atoms with Gasteiger partial charge in [-0.05, 0) is 41.3 Å². The summed E-state index contributed by atoms with van der Waals surface area (Å²) >= 11 is 0. The van der Waals surface area contributed by atoms with Crippen LogP contribution in [0.1, 0.15) is 36.1 Å². The van der Waals surface area contributed by atoms with Gasteiger partial charge in [0.25, 0.3) is 0 Å². The molecule has 0 aromatic heterocycles.